The number of benzene rings is 3. The maximum Gasteiger partial charge on any atom is 0.340 e. The number of aliphatic imine (C=N–C) groups is 1. The lowest BCUT2D eigenvalue weighted by Gasteiger charge is -2.12. The van der Waals surface area contributed by atoms with Gasteiger partial charge >= 0.3 is 5.97 Å². The summed E-state index contributed by atoms with van der Waals surface area (Å²) in [5.74, 6) is 0.182. The highest BCUT2D eigenvalue weighted by molar-refractivity contribution is 6.02. The summed E-state index contributed by atoms with van der Waals surface area (Å²) in [6.07, 6.45) is 1.50. The maximum atomic E-state index is 11.9. The number of para-hydroxylation sites is 1. The van der Waals surface area contributed by atoms with Gasteiger partial charge in [-0.05, 0) is 36.4 Å². The van der Waals surface area contributed by atoms with E-state index in [2.05, 4.69) is 4.99 Å². The molecule has 3 aromatic rings. The third kappa shape index (κ3) is 3.32. The molecule has 0 aliphatic carbocycles. The molecule has 5 rings (SSSR count). The number of aromatic carboxylic acids is 1. The van der Waals surface area contributed by atoms with Crippen LogP contribution in [0.4, 0.5) is 5.69 Å². The van der Waals surface area contributed by atoms with Gasteiger partial charge in [-0.2, -0.15) is 0 Å². The Balaban J connectivity index is 1.62. The average Bonchev–Trinajstić information content (AvgIpc) is 3.20. The summed E-state index contributed by atoms with van der Waals surface area (Å²) in [6, 6.07) is 16.9. The minimum Gasteiger partial charge on any atom is -0.493 e. The molecule has 0 fully saturated rings. The van der Waals surface area contributed by atoms with Crippen molar-refractivity contribution in [3.05, 3.63) is 65.7 Å². The molecular weight excluding hydrogens is 420 g/mol. The molecule has 33 heavy (non-hydrogen) atoms. The average molecular weight is 440 g/mol. The van der Waals surface area contributed by atoms with E-state index in [4.69, 9.17) is 19.4 Å². The van der Waals surface area contributed by atoms with Gasteiger partial charge in [-0.1, -0.05) is 18.2 Å². The lowest BCUT2D eigenvalue weighted by Crippen LogP contribution is -2.06. The number of carboxylic acid groups (broad SMARTS) is 1. The Hall–Kier alpha value is -4.46. The van der Waals surface area contributed by atoms with Crippen LogP contribution in [0.1, 0.15) is 15.9 Å². The molecule has 0 saturated heterocycles. The number of rotatable bonds is 5. The molecule has 2 heterocycles. The molecule has 2 aliphatic rings. The number of nitrogens with zero attached hydrogens (tertiary/aromatic N) is 4. The highest BCUT2D eigenvalue weighted by atomic mass is 16.5. The molecular formula is C25H20N4O4. The van der Waals surface area contributed by atoms with E-state index < -0.39 is 5.97 Å². The summed E-state index contributed by atoms with van der Waals surface area (Å²) in [7, 11) is 4.83. The van der Waals surface area contributed by atoms with Crippen LogP contribution in [0.5, 0.6) is 11.5 Å². The number of hydrogen-bond acceptors (Lipinski definition) is 6. The van der Waals surface area contributed by atoms with Crippen LogP contribution in [0.25, 0.3) is 33.5 Å². The Bertz CT molecular complexity index is 1540. The number of fused-ring (bicyclic) bond motifs is 4. The smallest absolute Gasteiger partial charge is 0.340 e. The van der Waals surface area contributed by atoms with Crippen molar-refractivity contribution in [1.82, 2.24) is 14.5 Å². The number of aryl methyl sites for hydroxylation is 1. The molecule has 0 bridgehead atoms. The maximum absolute atomic E-state index is 11.9. The molecule has 0 saturated carbocycles. The zero-order chi connectivity index (χ0) is 23.1. The molecule has 0 unspecified atom stereocenters. The minimum atomic E-state index is -1.13. The first-order valence-electron chi connectivity index (χ1n) is 10.2. The van der Waals surface area contributed by atoms with Crippen LogP contribution >= 0.6 is 0 Å². The Morgan fingerprint density at radius 1 is 1.03 bits per heavy atom. The van der Waals surface area contributed by atoms with E-state index in [-0.39, 0.29) is 11.3 Å². The summed E-state index contributed by atoms with van der Waals surface area (Å²) in [5.41, 5.74) is 4.45. The Morgan fingerprint density at radius 3 is 2.61 bits per heavy atom. The van der Waals surface area contributed by atoms with Crippen LogP contribution in [0.3, 0.4) is 0 Å². The molecule has 3 aromatic carbocycles. The van der Waals surface area contributed by atoms with Gasteiger partial charge in [-0.15, -0.1) is 0 Å². The predicted octanol–water partition coefficient (Wildman–Crippen LogP) is 4.69. The zero-order valence-corrected chi connectivity index (χ0v) is 18.2. The normalized spacial score (nSPS) is 11.6. The molecule has 0 spiro atoms. The van der Waals surface area contributed by atoms with Gasteiger partial charge in [0.25, 0.3) is 0 Å². The van der Waals surface area contributed by atoms with Crippen molar-refractivity contribution in [1.29, 1.82) is 0 Å². The fourth-order valence-corrected chi connectivity index (χ4v) is 4.02. The summed E-state index contributed by atoms with van der Waals surface area (Å²) < 4.78 is 12.5. The largest absolute Gasteiger partial charge is 0.493 e. The molecule has 2 aliphatic heterocycles. The fourth-order valence-electron chi connectivity index (χ4n) is 4.02. The second kappa shape index (κ2) is 7.90. The van der Waals surface area contributed by atoms with Crippen LogP contribution in [-0.2, 0) is 7.05 Å². The number of ether oxygens (including phenoxy) is 2. The second-order valence-electron chi connectivity index (χ2n) is 7.47. The number of hydrogen-bond donors (Lipinski definition) is 1. The number of carbonyl (C=O) groups is 1. The van der Waals surface area contributed by atoms with Crippen molar-refractivity contribution in [2.24, 2.45) is 12.0 Å². The van der Waals surface area contributed by atoms with Crippen molar-refractivity contribution in [2.45, 2.75) is 0 Å². The van der Waals surface area contributed by atoms with E-state index in [1.54, 1.807) is 12.1 Å². The quantitative estimate of drug-likeness (QED) is 0.398. The second-order valence-corrected chi connectivity index (χ2v) is 7.47. The standard InChI is InChI=1S/C25H20N4O4/c1-29-19-10-9-15(12-18(19)27-22-16-6-4-5-7-17(16)28-24(22)29)26-13-14-8-11-20(32-2)23(33-3)21(14)25(30)31/h4-13H,1-3H3,(H,30,31). The SMILES string of the molecule is COc1ccc(C=Nc2ccc3c(c2)nc2c4ccccc4nc-2n3C)c(C(=O)O)c1OC. The summed E-state index contributed by atoms with van der Waals surface area (Å²) >= 11 is 0. The lowest BCUT2D eigenvalue weighted by atomic mass is 10.1. The fraction of sp³-hybridized carbons (Fsp3) is 0.120. The molecule has 0 atom stereocenters. The van der Waals surface area contributed by atoms with Gasteiger partial charge in [0.2, 0.25) is 0 Å². The van der Waals surface area contributed by atoms with Gasteiger partial charge in [-0.3, -0.25) is 4.99 Å². The molecule has 0 aromatic heterocycles. The first kappa shape index (κ1) is 20.4. The van der Waals surface area contributed by atoms with Gasteiger partial charge in [-0.25, -0.2) is 14.8 Å². The van der Waals surface area contributed by atoms with Crippen LogP contribution in [0.15, 0.2) is 59.6 Å². The monoisotopic (exact) mass is 440 g/mol. The van der Waals surface area contributed by atoms with Crippen molar-refractivity contribution in [3.8, 4) is 23.0 Å². The third-order valence-electron chi connectivity index (χ3n) is 5.61. The van der Waals surface area contributed by atoms with Gasteiger partial charge in [0.05, 0.1) is 36.5 Å². The van der Waals surface area contributed by atoms with E-state index >= 15 is 0 Å². The summed E-state index contributed by atoms with van der Waals surface area (Å²) in [4.78, 5) is 26.0. The van der Waals surface area contributed by atoms with Crippen LogP contribution < -0.4 is 9.47 Å². The summed E-state index contributed by atoms with van der Waals surface area (Å²) in [5, 5.41) is 10.7. The molecule has 8 nitrogen and oxygen atoms in total. The van der Waals surface area contributed by atoms with E-state index in [9.17, 15) is 9.90 Å². The van der Waals surface area contributed by atoms with Crippen LogP contribution in [0.2, 0.25) is 0 Å². The van der Waals surface area contributed by atoms with Crippen LogP contribution in [0, 0.1) is 0 Å². The highest BCUT2D eigenvalue weighted by Crippen LogP contribution is 2.34. The van der Waals surface area contributed by atoms with E-state index in [1.807, 2.05) is 54.1 Å². The van der Waals surface area contributed by atoms with Crippen molar-refractivity contribution in [3.63, 3.8) is 0 Å². The Morgan fingerprint density at radius 2 is 1.85 bits per heavy atom. The van der Waals surface area contributed by atoms with E-state index in [1.165, 1.54) is 20.4 Å². The molecule has 0 amide bonds. The van der Waals surface area contributed by atoms with Gasteiger partial charge in [0.1, 0.15) is 11.3 Å². The molecule has 0 radical (unpaired) electrons. The highest BCUT2D eigenvalue weighted by Gasteiger charge is 2.20. The van der Waals surface area contributed by atoms with Gasteiger partial charge < -0.3 is 19.1 Å². The minimum absolute atomic E-state index is 0.0121. The Kier molecular flexibility index (Phi) is 4.90. The lowest BCUT2D eigenvalue weighted by molar-refractivity contribution is 0.0692. The summed E-state index contributed by atoms with van der Waals surface area (Å²) in [6.45, 7) is 0. The van der Waals surface area contributed by atoms with Crippen molar-refractivity contribution in [2.75, 3.05) is 14.2 Å². The van der Waals surface area contributed by atoms with E-state index in [0.29, 0.717) is 17.0 Å². The Labute approximate surface area is 189 Å². The first-order valence-corrected chi connectivity index (χ1v) is 10.2. The topological polar surface area (TPSA) is 98.8 Å². The van der Waals surface area contributed by atoms with E-state index in [0.717, 1.165) is 33.5 Å². The number of carboxylic acids is 1. The first-order chi connectivity index (χ1) is 16.0. The number of aromatic nitrogens is 3. The van der Waals surface area contributed by atoms with Gasteiger partial charge in [0, 0.05) is 24.2 Å². The zero-order valence-electron chi connectivity index (χ0n) is 18.2. The van der Waals surface area contributed by atoms with Crippen LogP contribution in [-0.4, -0.2) is 46.0 Å². The predicted molar refractivity (Wildman–Crippen MR) is 126 cm³/mol. The van der Waals surface area contributed by atoms with Crippen molar-refractivity contribution >= 4 is 39.8 Å². The molecule has 1 N–H and O–H groups in total. The third-order valence-corrected chi connectivity index (χ3v) is 5.61. The number of methoxy groups -OCH3 is 2. The molecule has 8 heteroatoms. The molecule has 164 valence electrons. The van der Waals surface area contributed by atoms with Crippen molar-refractivity contribution < 1.29 is 19.4 Å². The van der Waals surface area contributed by atoms with Gasteiger partial charge in [0.15, 0.2) is 17.3 Å².